The minimum atomic E-state index is -1.10. The Bertz CT molecular complexity index is 494. The van der Waals surface area contributed by atoms with Gasteiger partial charge in [-0.15, -0.1) is 0 Å². The van der Waals surface area contributed by atoms with E-state index in [1.807, 2.05) is 0 Å². The zero-order chi connectivity index (χ0) is 10.8. The Morgan fingerprint density at radius 1 is 1.40 bits per heavy atom. The van der Waals surface area contributed by atoms with Crippen molar-refractivity contribution in [3.63, 3.8) is 0 Å². The number of carboxylic acid groups (broad SMARTS) is 1. The Morgan fingerprint density at radius 2 is 2.20 bits per heavy atom. The van der Waals surface area contributed by atoms with Gasteiger partial charge < -0.3 is 5.11 Å². The number of rotatable bonds is 2. The smallest absolute Gasteiger partial charge is 0.356 e. The number of nitrogens with zero attached hydrogens (tertiary/aromatic N) is 4. The second-order valence-corrected chi connectivity index (χ2v) is 3.46. The van der Waals surface area contributed by atoms with Crippen LogP contribution in [-0.4, -0.2) is 30.8 Å². The lowest BCUT2D eigenvalue weighted by atomic mass is 10.4. The first kappa shape index (κ1) is 9.78. The summed E-state index contributed by atoms with van der Waals surface area (Å²) >= 11 is 3.19. The van der Waals surface area contributed by atoms with Gasteiger partial charge in [0.15, 0.2) is 11.5 Å². The van der Waals surface area contributed by atoms with Crippen molar-refractivity contribution in [2.75, 3.05) is 0 Å². The molecule has 0 saturated heterocycles. The molecular weight excluding hydrogens is 264 g/mol. The summed E-state index contributed by atoms with van der Waals surface area (Å²) in [7, 11) is 0. The quantitative estimate of drug-likeness (QED) is 0.883. The van der Waals surface area contributed by atoms with Gasteiger partial charge in [-0.1, -0.05) is 0 Å². The lowest BCUT2D eigenvalue weighted by Gasteiger charge is -1.98. The maximum absolute atomic E-state index is 10.5. The molecule has 0 aliphatic carbocycles. The van der Waals surface area contributed by atoms with Crippen LogP contribution < -0.4 is 0 Å². The third kappa shape index (κ3) is 2.01. The predicted molar refractivity (Wildman–Crippen MR) is 53.8 cm³/mol. The Hall–Kier alpha value is -1.76. The minimum absolute atomic E-state index is 0.0926. The molecule has 2 rings (SSSR count). The first-order valence-corrected chi connectivity index (χ1v) is 4.73. The van der Waals surface area contributed by atoms with E-state index < -0.39 is 5.97 Å². The first-order chi connectivity index (χ1) is 7.16. The highest BCUT2D eigenvalue weighted by Crippen LogP contribution is 2.08. The summed E-state index contributed by atoms with van der Waals surface area (Å²) in [5, 5.41) is 12.7. The number of hydrogen-bond acceptors (Lipinski definition) is 4. The van der Waals surface area contributed by atoms with E-state index in [0.717, 1.165) is 0 Å². The summed E-state index contributed by atoms with van der Waals surface area (Å²) in [4.78, 5) is 18.2. The van der Waals surface area contributed by atoms with E-state index in [-0.39, 0.29) is 5.69 Å². The zero-order valence-corrected chi connectivity index (χ0v) is 8.92. The Labute approximate surface area is 92.7 Å². The van der Waals surface area contributed by atoms with E-state index in [1.165, 1.54) is 17.1 Å². The topological polar surface area (TPSA) is 80.9 Å². The van der Waals surface area contributed by atoms with Crippen molar-refractivity contribution >= 4 is 21.9 Å². The molecule has 0 amide bonds. The number of aromatic nitrogens is 4. The normalized spacial score (nSPS) is 10.2. The highest BCUT2D eigenvalue weighted by molar-refractivity contribution is 9.10. The summed E-state index contributed by atoms with van der Waals surface area (Å²) in [6.45, 7) is 0. The fourth-order valence-electron chi connectivity index (χ4n) is 0.979. The standard InChI is InChI=1S/C8H5BrN4O2/c9-6-1-2-13(12-6)7-4-10-5(3-11-7)8(14)15/h1-4H,(H,14,15). The molecule has 0 bridgehead atoms. The molecule has 15 heavy (non-hydrogen) atoms. The molecule has 0 fully saturated rings. The van der Waals surface area contributed by atoms with Gasteiger partial charge in [-0.2, -0.15) is 5.10 Å². The van der Waals surface area contributed by atoms with Crippen LogP contribution in [0.5, 0.6) is 0 Å². The van der Waals surface area contributed by atoms with Crippen LogP contribution in [0.1, 0.15) is 10.5 Å². The molecule has 6 nitrogen and oxygen atoms in total. The van der Waals surface area contributed by atoms with Crippen molar-refractivity contribution in [2.45, 2.75) is 0 Å². The molecular formula is C8H5BrN4O2. The van der Waals surface area contributed by atoms with Gasteiger partial charge in [0.25, 0.3) is 0 Å². The minimum Gasteiger partial charge on any atom is -0.476 e. The first-order valence-electron chi connectivity index (χ1n) is 3.94. The van der Waals surface area contributed by atoms with Gasteiger partial charge in [-0.3, -0.25) is 0 Å². The van der Waals surface area contributed by atoms with Gasteiger partial charge in [-0.25, -0.2) is 19.4 Å². The van der Waals surface area contributed by atoms with Crippen LogP contribution in [0.15, 0.2) is 29.3 Å². The molecule has 2 aromatic heterocycles. The Balaban J connectivity index is 2.35. The second-order valence-electron chi connectivity index (χ2n) is 2.65. The van der Waals surface area contributed by atoms with Crippen LogP contribution >= 0.6 is 15.9 Å². The summed E-state index contributed by atoms with van der Waals surface area (Å²) < 4.78 is 2.16. The van der Waals surface area contributed by atoms with Gasteiger partial charge >= 0.3 is 5.97 Å². The lowest BCUT2D eigenvalue weighted by Crippen LogP contribution is -2.04. The molecule has 2 aromatic rings. The molecule has 7 heteroatoms. The van der Waals surface area contributed by atoms with Crippen LogP contribution in [0, 0.1) is 0 Å². The highest BCUT2D eigenvalue weighted by Gasteiger charge is 2.06. The molecule has 2 heterocycles. The average Bonchev–Trinajstić information content (AvgIpc) is 2.65. The number of carboxylic acids is 1. The fourth-order valence-corrected chi connectivity index (χ4v) is 1.27. The van der Waals surface area contributed by atoms with Crippen LogP contribution in [-0.2, 0) is 0 Å². The molecule has 76 valence electrons. The van der Waals surface area contributed by atoms with Gasteiger partial charge in [0.05, 0.1) is 12.4 Å². The van der Waals surface area contributed by atoms with Crippen molar-refractivity contribution in [2.24, 2.45) is 0 Å². The van der Waals surface area contributed by atoms with Crippen LogP contribution in [0.4, 0.5) is 0 Å². The molecule has 0 radical (unpaired) electrons. The Morgan fingerprint density at radius 3 is 2.67 bits per heavy atom. The highest BCUT2D eigenvalue weighted by atomic mass is 79.9. The predicted octanol–water partition coefficient (Wildman–Crippen LogP) is 1.12. The van der Waals surface area contributed by atoms with E-state index in [1.54, 1.807) is 12.3 Å². The van der Waals surface area contributed by atoms with Crippen molar-refractivity contribution in [1.29, 1.82) is 0 Å². The third-order valence-electron chi connectivity index (χ3n) is 1.65. The van der Waals surface area contributed by atoms with E-state index in [9.17, 15) is 4.79 Å². The fraction of sp³-hybridized carbons (Fsp3) is 0. The Kier molecular flexibility index (Phi) is 2.46. The van der Waals surface area contributed by atoms with Crippen molar-refractivity contribution < 1.29 is 9.90 Å². The molecule has 1 N–H and O–H groups in total. The van der Waals surface area contributed by atoms with Gasteiger partial charge in [0.2, 0.25) is 0 Å². The largest absolute Gasteiger partial charge is 0.476 e. The summed E-state index contributed by atoms with van der Waals surface area (Å²) in [6.07, 6.45) is 4.23. The summed E-state index contributed by atoms with van der Waals surface area (Å²) in [5.41, 5.74) is -0.0926. The number of aromatic carboxylic acids is 1. The van der Waals surface area contributed by atoms with E-state index in [0.29, 0.717) is 10.4 Å². The lowest BCUT2D eigenvalue weighted by molar-refractivity contribution is 0.0690. The van der Waals surface area contributed by atoms with Gasteiger partial charge in [0.1, 0.15) is 4.60 Å². The van der Waals surface area contributed by atoms with Crippen LogP contribution in [0.3, 0.4) is 0 Å². The molecule has 0 aliphatic heterocycles. The van der Waals surface area contributed by atoms with Crippen molar-refractivity contribution in [3.8, 4) is 5.82 Å². The molecule has 0 aliphatic rings. The van der Waals surface area contributed by atoms with Gasteiger partial charge in [-0.05, 0) is 22.0 Å². The number of carbonyl (C=O) groups is 1. The van der Waals surface area contributed by atoms with E-state index >= 15 is 0 Å². The number of hydrogen-bond donors (Lipinski definition) is 1. The molecule has 0 atom stereocenters. The van der Waals surface area contributed by atoms with E-state index in [4.69, 9.17) is 5.11 Å². The second kappa shape index (κ2) is 3.77. The van der Waals surface area contributed by atoms with Crippen molar-refractivity contribution in [1.82, 2.24) is 19.7 Å². The molecule has 0 unspecified atom stereocenters. The van der Waals surface area contributed by atoms with E-state index in [2.05, 4.69) is 31.0 Å². The third-order valence-corrected chi connectivity index (χ3v) is 2.07. The number of halogens is 1. The van der Waals surface area contributed by atoms with Crippen LogP contribution in [0.25, 0.3) is 5.82 Å². The van der Waals surface area contributed by atoms with Crippen molar-refractivity contribution in [3.05, 3.63) is 35.0 Å². The zero-order valence-electron chi connectivity index (χ0n) is 7.33. The molecule has 0 saturated carbocycles. The maximum Gasteiger partial charge on any atom is 0.356 e. The monoisotopic (exact) mass is 268 g/mol. The summed E-state index contributed by atoms with van der Waals surface area (Å²) in [6, 6.07) is 1.74. The SMILES string of the molecule is O=C(O)c1cnc(-n2ccc(Br)n2)cn1. The van der Waals surface area contributed by atoms with Gasteiger partial charge in [0, 0.05) is 6.20 Å². The molecule has 0 aromatic carbocycles. The maximum atomic E-state index is 10.5. The summed E-state index contributed by atoms with van der Waals surface area (Å²) in [5.74, 6) is -0.638. The van der Waals surface area contributed by atoms with Crippen LogP contribution in [0.2, 0.25) is 0 Å². The average molecular weight is 269 g/mol. The molecule has 0 spiro atoms.